The normalized spacial score (nSPS) is 11.0. The number of hydrogen-bond donors (Lipinski definition) is 5. The molecule has 111 heavy (non-hydrogen) atoms. The van der Waals surface area contributed by atoms with Crippen LogP contribution in [0.15, 0.2) is 233 Å². The van der Waals surface area contributed by atoms with Gasteiger partial charge in [0.15, 0.2) is 0 Å². The van der Waals surface area contributed by atoms with E-state index >= 15 is 0 Å². The Balaban J connectivity index is -0.00000127. The number of aromatic carboxylic acids is 1. The fraction of sp³-hybridized carbons (Fsp3) is 0.321. The second-order valence-corrected chi connectivity index (χ2v) is 25.6. The average Bonchev–Trinajstić information content (AvgIpc) is 0.756. The molecule has 602 valence electrons. The van der Waals surface area contributed by atoms with Crippen LogP contribution < -0.4 is 75.3 Å². The number of aliphatic hydroxyl groups is 2. The number of nitrogens with zero attached hydrogens (tertiary/aromatic N) is 5. The van der Waals surface area contributed by atoms with Gasteiger partial charge < -0.3 is 64.6 Å². The minimum absolute atomic E-state index is 0. The van der Waals surface area contributed by atoms with Crippen LogP contribution in [0.3, 0.4) is 0 Å². The number of aldehydes is 1. The van der Waals surface area contributed by atoms with Gasteiger partial charge in [0.1, 0.15) is 29.5 Å². The van der Waals surface area contributed by atoms with Crippen molar-refractivity contribution in [1.82, 2.24) is 0 Å². The first-order valence-electron chi connectivity index (χ1n) is 33.6. The molecule has 0 saturated carbocycles. The van der Waals surface area contributed by atoms with Crippen LogP contribution in [0, 0.1) is 0 Å². The number of aryl methyl sites for hydroxylation is 2. The number of alkyl halides is 12. The summed E-state index contributed by atoms with van der Waals surface area (Å²) in [4.78, 5) is 54.8. The van der Waals surface area contributed by atoms with Gasteiger partial charge in [-0.2, -0.15) is 52.7 Å². The maximum absolute atomic E-state index is 13.2. The fourth-order valence-electron chi connectivity index (χ4n) is 9.22. The van der Waals surface area contributed by atoms with E-state index in [1.165, 1.54) is 30.4 Å². The number of aliphatic hydroxyl groups excluding tert-OH is 2. The van der Waals surface area contributed by atoms with E-state index in [2.05, 4.69) is 32.3 Å². The predicted octanol–water partition coefficient (Wildman–Crippen LogP) is 13.6. The number of benzene rings is 7. The van der Waals surface area contributed by atoms with E-state index in [1.54, 1.807) is 106 Å². The Hall–Kier alpha value is -8.69. The van der Waals surface area contributed by atoms with Gasteiger partial charge >= 0.3 is 78.1 Å². The summed E-state index contributed by atoms with van der Waals surface area (Å²) in [6.07, 6.45) is -6.03. The molecule has 0 aliphatic rings. The summed E-state index contributed by atoms with van der Waals surface area (Å²) in [5.74, 6) is 2.39. The molecule has 0 bridgehead atoms. The minimum atomic E-state index is -4.18. The molecule has 6 N–H and O–H groups in total. The number of allylic oxidation sites excluding steroid dienone is 4. The van der Waals surface area contributed by atoms with Gasteiger partial charge in [-0.25, -0.2) is 29.6 Å². The molecular formula is C78H91F12IN6NaO12P. The van der Waals surface area contributed by atoms with Crippen molar-refractivity contribution in [1.29, 1.82) is 0 Å². The SMILES string of the molecule is CCOC(=O)c1ccc(/C=C/C=CCC(F)(F)F)cc1.CCOC(=O)c1ccc(/C=C/C=O)cc1.CCOC(=O)c1ccc(CCCCCC(F)(F)F)cc1.CO.CO.FC(F)(F)CC[P+](c1ccccc1)(c1ccccc1)c1ccccc1.N/N=N/N=N/[N-]O.O=C(O)c1ccc(CCCCCC(F)(F)F)cc1.[I-].[Na+]. The molecule has 7 aromatic rings. The van der Waals surface area contributed by atoms with Crippen LogP contribution in [0.5, 0.6) is 0 Å². The van der Waals surface area contributed by atoms with E-state index in [0.29, 0.717) is 68.5 Å². The molecule has 0 aliphatic heterocycles. The first-order chi connectivity index (χ1) is 51.9. The van der Waals surface area contributed by atoms with Crippen LogP contribution in [0.2, 0.25) is 0 Å². The zero-order valence-electron chi connectivity index (χ0n) is 62.0. The molecule has 0 fully saturated rings. The molecule has 7 rings (SSSR count). The molecule has 0 spiro atoms. The minimum Gasteiger partial charge on any atom is -1.00 e. The Bertz CT molecular complexity index is 3660. The van der Waals surface area contributed by atoms with E-state index in [0.717, 1.165) is 71.3 Å². The quantitative estimate of drug-likeness (QED) is 0.00233. The number of carbonyl (C=O) groups is 5. The Morgan fingerprint density at radius 2 is 0.784 bits per heavy atom. The topological polar surface area (TPSA) is 284 Å². The summed E-state index contributed by atoms with van der Waals surface area (Å²) in [5, 5.41) is 44.0. The van der Waals surface area contributed by atoms with E-state index in [1.807, 2.05) is 103 Å². The summed E-state index contributed by atoms with van der Waals surface area (Å²) < 4.78 is 161. The molecule has 0 amide bonds. The van der Waals surface area contributed by atoms with Gasteiger partial charge in [0.25, 0.3) is 0 Å². The predicted molar refractivity (Wildman–Crippen MR) is 397 cm³/mol. The van der Waals surface area contributed by atoms with Crippen molar-refractivity contribution in [2.24, 2.45) is 26.7 Å². The van der Waals surface area contributed by atoms with Crippen LogP contribution in [-0.4, -0.2) is 116 Å². The number of esters is 3. The smallest absolute Gasteiger partial charge is 1.00 e. The summed E-state index contributed by atoms with van der Waals surface area (Å²) in [7, 11) is -0.370. The maximum Gasteiger partial charge on any atom is 1.00 e. The number of carboxylic acid groups (broad SMARTS) is 1. The number of carbonyl (C=O) groups excluding carboxylic acids is 4. The van der Waals surface area contributed by atoms with Crippen molar-refractivity contribution >= 4 is 65.5 Å². The third kappa shape index (κ3) is 50.8. The van der Waals surface area contributed by atoms with Crippen LogP contribution >= 0.6 is 7.26 Å². The average molecular weight is 1710 g/mol. The fourth-order valence-corrected chi connectivity index (χ4v) is 13.5. The number of ether oxygens (including phenoxy) is 3. The summed E-state index contributed by atoms with van der Waals surface area (Å²) in [6, 6.07) is 55.8. The van der Waals surface area contributed by atoms with Crippen molar-refractivity contribution < 1.29 is 165 Å². The van der Waals surface area contributed by atoms with Crippen molar-refractivity contribution in [3.05, 3.63) is 262 Å². The Kier molecular flexibility index (Phi) is 59.4. The molecule has 0 unspecified atom stereocenters. The number of nitrogens with two attached hydrogens (primary N) is 1. The van der Waals surface area contributed by atoms with Crippen LogP contribution in [0.25, 0.3) is 17.7 Å². The molecule has 0 aliphatic carbocycles. The van der Waals surface area contributed by atoms with Gasteiger partial charge in [0.2, 0.25) is 0 Å². The van der Waals surface area contributed by atoms with Crippen molar-refractivity contribution in [2.75, 3.05) is 40.2 Å². The molecule has 33 heteroatoms. The zero-order chi connectivity index (χ0) is 82.0. The number of carboxylic acids is 1. The summed E-state index contributed by atoms with van der Waals surface area (Å²) in [5.41, 5.74) is 7.52. The number of hydrogen-bond acceptors (Lipinski definition) is 13. The standard InChI is InChI=1S/C21H19F3P.C15H19F3O2.C15H15F3O2.C13H15F3O2.C12H12O3.2CH4O.HI.H3N6O.Na/c22-21(23,24)16-17-25(18-10-4-1-5-11-18,19-12-6-2-7-13-19)20-14-8-3-9-15-20;2*1-2-20-14(19)13-9-7-12(8-10-13)6-4-3-5-11-15(16,17)18;14-13(15,16)9-3-1-2-4-10-5-7-11(8-6-10)12(17)18;1-2-15-12(14)11-7-5-10(6-8-11)4-3-9-13;2*1-2;;1-2-3-4-5-6-7;/h1-15H,16-17H2;7-10H,2-6,11H2,1H3;3-10H,2,11H2,1H3;5-8H,1-4,9H2,(H,17,18);3-9H,2H2,1H3;2*2H,1H3;1H;(H3-,1,2,3,4,5,6,7);/q+1;;;;;;;;-1;+1/p-1/b;;5-3?,6-4+;;4-3+;;;;;. The Morgan fingerprint density at radius 1 is 0.450 bits per heavy atom. The first kappa shape index (κ1) is 106. The summed E-state index contributed by atoms with van der Waals surface area (Å²) >= 11 is 0. The first-order valence-corrected chi connectivity index (χ1v) is 35.5. The van der Waals surface area contributed by atoms with E-state index in [4.69, 9.17) is 34.7 Å². The van der Waals surface area contributed by atoms with Crippen molar-refractivity contribution in [3.8, 4) is 0 Å². The van der Waals surface area contributed by atoms with Crippen LogP contribution in [-0.2, 0) is 31.8 Å². The second-order valence-electron chi connectivity index (χ2n) is 21.9. The Morgan fingerprint density at radius 3 is 1.08 bits per heavy atom. The van der Waals surface area contributed by atoms with Gasteiger partial charge in [-0.3, -0.25) is 10.4 Å². The van der Waals surface area contributed by atoms with Gasteiger partial charge in [-0.1, -0.05) is 152 Å². The molecule has 18 nitrogen and oxygen atoms in total. The van der Waals surface area contributed by atoms with Gasteiger partial charge in [-0.05, 0) is 173 Å². The van der Waals surface area contributed by atoms with Crippen LogP contribution in [0.1, 0.15) is 149 Å². The van der Waals surface area contributed by atoms with Crippen LogP contribution in [0.4, 0.5) is 52.7 Å². The Labute approximate surface area is 677 Å². The molecule has 0 heterocycles. The van der Waals surface area contributed by atoms with Gasteiger partial charge in [0.05, 0.1) is 61.1 Å². The monoisotopic (exact) mass is 1710 g/mol. The molecule has 0 radical (unpaired) electrons. The molecule has 0 atom stereocenters. The van der Waals surface area contributed by atoms with E-state index in [-0.39, 0.29) is 90.0 Å². The summed E-state index contributed by atoms with van der Waals surface area (Å²) in [6.45, 7) is 6.24. The molecular weight excluding hydrogens is 1620 g/mol. The van der Waals surface area contributed by atoms with E-state index in [9.17, 15) is 76.7 Å². The molecule has 0 saturated heterocycles. The van der Waals surface area contributed by atoms with Crippen molar-refractivity contribution in [3.63, 3.8) is 0 Å². The third-order valence-electron chi connectivity index (χ3n) is 14.1. The molecule has 0 aromatic heterocycles. The zero-order valence-corrected chi connectivity index (χ0v) is 67.0. The maximum atomic E-state index is 13.2. The number of halogens is 13. The number of rotatable bonds is 29. The number of unbranched alkanes of at least 4 members (excludes halogenated alkanes) is 4. The third-order valence-corrected chi connectivity index (χ3v) is 18.5. The van der Waals surface area contributed by atoms with E-state index < -0.39 is 69.6 Å². The second kappa shape index (κ2) is 61.9. The van der Waals surface area contributed by atoms with Gasteiger partial charge in [-0.15, -0.1) is 5.22 Å². The largest absolute Gasteiger partial charge is 1.00 e. The van der Waals surface area contributed by atoms with Gasteiger partial charge in [0, 0.05) is 27.1 Å². The molecule has 7 aromatic carbocycles. The van der Waals surface area contributed by atoms with Crippen molar-refractivity contribution in [2.45, 2.75) is 123 Å².